The van der Waals surface area contributed by atoms with Crippen molar-refractivity contribution in [1.82, 2.24) is 5.32 Å². The van der Waals surface area contributed by atoms with E-state index in [0.29, 0.717) is 28.2 Å². The molecule has 1 amide bonds. The smallest absolute Gasteiger partial charge is 0.251 e. The molecule has 0 aromatic heterocycles. The Labute approximate surface area is 158 Å². The van der Waals surface area contributed by atoms with Gasteiger partial charge in [0.2, 0.25) is 0 Å². The second-order valence-electron chi connectivity index (χ2n) is 6.44. The zero-order chi connectivity index (χ0) is 17.6. The van der Waals surface area contributed by atoms with Crippen molar-refractivity contribution >= 4 is 34.8 Å². The largest absolute Gasteiger partial charge is 0.381 e. The fourth-order valence-corrected chi connectivity index (χ4v) is 3.68. The maximum atomic E-state index is 12.3. The molecule has 2 aromatic rings. The predicted octanol–water partition coefficient (Wildman–Crippen LogP) is 5.67. The minimum atomic E-state index is 0.00704. The van der Waals surface area contributed by atoms with Gasteiger partial charge in [-0.15, -0.1) is 0 Å². The van der Waals surface area contributed by atoms with Crippen molar-refractivity contribution in [2.75, 3.05) is 5.32 Å². The monoisotopic (exact) mass is 376 g/mol. The van der Waals surface area contributed by atoms with Gasteiger partial charge < -0.3 is 10.6 Å². The van der Waals surface area contributed by atoms with Crippen LogP contribution in [0, 0.1) is 0 Å². The van der Waals surface area contributed by atoms with Crippen molar-refractivity contribution in [1.29, 1.82) is 0 Å². The van der Waals surface area contributed by atoms with Gasteiger partial charge in [0.25, 0.3) is 5.91 Å². The summed E-state index contributed by atoms with van der Waals surface area (Å²) in [4.78, 5) is 12.3. The van der Waals surface area contributed by atoms with E-state index in [-0.39, 0.29) is 5.91 Å². The molecule has 0 spiro atoms. The average molecular weight is 377 g/mol. The number of carbonyl (C=O) groups is 1. The Morgan fingerprint density at radius 3 is 2.24 bits per heavy atom. The summed E-state index contributed by atoms with van der Waals surface area (Å²) >= 11 is 12.4. The first-order valence-electron chi connectivity index (χ1n) is 8.71. The molecular formula is C20H22Cl2N2O. The van der Waals surface area contributed by atoms with Crippen LogP contribution in [0.1, 0.15) is 48.0 Å². The van der Waals surface area contributed by atoms with Crippen LogP contribution in [0.5, 0.6) is 0 Å². The molecule has 0 bridgehead atoms. The molecule has 1 aliphatic carbocycles. The van der Waals surface area contributed by atoms with E-state index in [2.05, 4.69) is 10.6 Å². The third kappa shape index (κ3) is 4.90. The van der Waals surface area contributed by atoms with Crippen LogP contribution in [-0.2, 0) is 6.54 Å². The van der Waals surface area contributed by atoms with Gasteiger partial charge in [0.05, 0.1) is 0 Å². The number of hydrogen-bond acceptors (Lipinski definition) is 2. The van der Waals surface area contributed by atoms with Gasteiger partial charge in [-0.2, -0.15) is 0 Å². The Kier molecular flexibility index (Phi) is 6.22. The predicted molar refractivity (Wildman–Crippen MR) is 105 cm³/mol. The summed E-state index contributed by atoms with van der Waals surface area (Å²) < 4.78 is 0. The van der Waals surface area contributed by atoms with Crippen LogP contribution in [-0.4, -0.2) is 11.9 Å². The Balaban J connectivity index is 1.57. The number of benzene rings is 2. The maximum absolute atomic E-state index is 12.3. The molecule has 0 atom stereocenters. The van der Waals surface area contributed by atoms with Crippen molar-refractivity contribution in [2.45, 2.75) is 44.7 Å². The number of hydrogen-bond donors (Lipinski definition) is 2. The molecule has 2 N–H and O–H groups in total. The summed E-state index contributed by atoms with van der Waals surface area (Å²) in [5.74, 6) is 0.00704. The van der Waals surface area contributed by atoms with Crippen LogP contribution in [0.15, 0.2) is 42.5 Å². The van der Waals surface area contributed by atoms with Crippen LogP contribution in [0.4, 0.5) is 5.69 Å². The Morgan fingerprint density at radius 2 is 1.60 bits per heavy atom. The van der Waals surface area contributed by atoms with Gasteiger partial charge in [0.1, 0.15) is 0 Å². The van der Waals surface area contributed by atoms with Crippen molar-refractivity contribution in [2.24, 2.45) is 0 Å². The SMILES string of the molecule is O=C(NC1CCCCC1)c1ccc(NCc2c(Cl)cccc2Cl)cc1. The lowest BCUT2D eigenvalue weighted by molar-refractivity contribution is 0.0928. The van der Waals surface area contributed by atoms with Gasteiger partial charge in [0.15, 0.2) is 0 Å². The van der Waals surface area contributed by atoms with Crippen molar-refractivity contribution < 1.29 is 4.79 Å². The molecule has 25 heavy (non-hydrogen) atoms. The molecule has 3 rings (SSSR count). The van der Waals surface area contributed by atoms with E-state index >= 15 is 0 Å². The van der Waals surface area contributed by atoms with Crippen LogP contribution >= 0.6 is 23.2 Å². The number of anilines is 1. The third-order valence-electron chi connectivity index (χ3n) is 4.62. The van der Waals surface area contributed by atoms with E-state index in [9.17, 15) is 4.79 Å². The van der Waals surface area contributed by atoms with Gasteiger partial charge in [0, 0.05) is 39.4 Å². The Morgan fingerprint density at radius 1 is 0.960 bits per heavy atom. The fraction of sp³-hybridized carbons (Fsp3) is 0.350. The van der Waals surface area contributed by atoms with Crippen LogP contribution in [0.3, 0.4) is 0 Å². The van der Waals surface area contributed by atoms with E-state index in [1.807, 2.05) is 42.5 Å². The highest BCUT2D eigenvalue weighted by molar-refractivity contribution is 6.36. The zero-order valence-corrected chi connectivity index (χ0v) is 15.5. The summed E-state index contributed by atoms with van der Waals surface area (Å²) in [6.07, 6.45) is 5.87. The molecule has 5 heteroatoms. The lowest BCUT2D eigenvalue weighted by Gasteiger charge is -2.22. The van der Waals surface area contributed by atoms with E-state index in [1.165, 1.54) is 19.3 Å². The summed E-state index contributed by atoms with van der Waals surface area (Å²) in [6, 6.07) is 13.3. The van der Waals surface area contributed by atoms with E-state index < -0.39 is 0 Å². The lowest BCUT2D eigenvalue weighted by atomic mass is 9.95. The Bertz CT molecular complexity index is 705. The van der Waals surface area contributed by atoms with Gasteiger partial charge in [-0.1, -0.05) is 48.5 Å². The summed E-state index contributed by atoms with van der Waals surface area (Å²) in [6.45, 7) is 0.534. The number of amides is 1. The van der Waals surface area contributed by atoms with Gasteiger partial charge in [-0.05, 0) is 49.2 Å². The fourth-order valence-electron chi connectivity index (χ4n) is 3.15. The third-order valence-corrected chi connectivity index (χ3v) is 5.33. The molecule has 3 nitrogen and oxygen atoms in total. The standard InChI is InChI=1S/C20H22Cl2N2O/c21-18-7-4-8-19(22)17(18)13-23-15-11-9-14(10-12-15)20(25)24-16-5-2-1-3-6-16/h4,7-12,16,23H,1-3,5-6,13H2,(H,24,25). The molecule has 0 unspecified atom stereocenters. The number of carbonyl (C=O) groups excluding carboxylic acids is 1. The van der Waals surface area contributed by atoms with Crippen molar-refractivity contribution in [3.63, 3.8) is 0 Å². The topological polar surface area (TPSA) is 41.1 Å². The first-order chi connectivity index (χ1) is 12.1. The molecule has 1 aliphatic rings. The van der Waals surface area contributed by atoms with E-state index in [1.54, 1.807) is 0 Å². The molecular weight excluding hydrogens is 355 g/mol. The number of rotatable bonds is 5. The van der Waals surface area contributed by atoms with Crippen molar-refractivity contribution in [3.05, 3.63) is 63.6 Å². The summed E-state index contributed by atoms with van der Waals surface area (Å²) in [7, 11) is 0. The highest BCUT2D eigenvalue weighted by Crippen LogP contribution is 2.25. The van der Waals surface area contributed by atoms with Crippen LogP contribution < -0.4 is 10.6 Å². The normalized spacial score (nSPS) is 15.0. The molecule has 132 valence electrons. The number of nitrogens with one attached hydrogen (secondary N) is 2. The Hall–Kier alpha value is -1.71. The molecule has 1 saturated carbocycles. The quantitative estimate of drug-likeness (QED) is 0.705. The molecule has 0 radical (unpaired) electrons. The van der Waals surface area contributed by atoms with Gasteiger partial charge >= 0.3 is 0 Å². The highest BCUT2D eigenvalue weighted by Gasteiger charge is 2.16. The van der Waals surface area contributed by atoms with Crippen molar-refractivity contribution in [3.8, 4) is 0 Å². The van der Waals surface area contributed by atoms with E-state index in [0.717, 1.165) is 24.1 Å². The summed E-state index contributed by atoms with van der Waals surface area (Å²) in [5, 5.41) is 7.71. The maximum Gasteiger partial charge on any atom is 0.251 e. The average Bonchev–Trinajstić information content (AvgIpc) is 2.62. The summed E-state index contributed by atoms with van der Waals surface area (Å²) in [5.41, 5.74) is 2.47. The molecule has 0 aliphatic heterocycles. The first-order valence-corrected chi connectivity index (χ1v) is 9.47. The zero-order valence-electron chi connectivity index (χ0n) is 14.0. The second-order valence-corrected chi connectivity index (χ2v) is 7.25. The molecule has 1 fully saturated rings. The second kappa shape index (κ2) is 8.59. The van der Waals surface area contributed by atoms with Crippen LogP contribution in [0.2, 0.25) is 10.0 Å². The first kappa shape index (κ1) is 18.1. The van der Waals surface area contributed by atoms with Gasteiger partial charge in [-0.3, -0.25) is 4.79 Å². The molecule has 2 aromatic carbocycles. The molecule has 0 heterocycles. The van der Waals surface area contributed by atoms with Gasteiger partial charge in [-0.25, -0.2) is 0 Å². The lowest BCUT2D eigenvalue weighted by Crippen LogP contribution is -2.36. The minimum Gasteiger partial charge on any atom is -0.381 e. The molecule has 0 saturated heterocycles. The number of halogens is 2. The highest BCUT2D eigenvalue weighted by atomic mass is 35.5. The van der Waals surface area contributed by atoms with E-state index in [4.69, 9.17) is 23.2 Å². The minimum absolute atomic E-state index is 0.00704. The van der Waals surface area contributed by atoms with Crippen LogP contribution in [0.25, 0.3) is 0 Å².